The summed E-state index contributed by atoms with van der Waals surface area (Å²) in [5.74, 6) is -1.99. The fourth-order valence-electron chi connectivity index (χ4n) is 7.36. The molecule has 2 bridgehead atoms. The highest BCUT2D eigenvalue weighted by Crippen LogP contribution is 2.64. The van der Waals surface area contributed by atoms with Gasteiger partial charge in [-0.25, -0.2) is 0 Å². The predicted molar refractivity (Wildman–Crippen MR) is 156 cm³/mol. The summed E-state index contributed by atoms with van der Waals surface area (Å²) in [6.07, 6.45) is 6.23. The van der Waals surface area contributed by atoms with Gasteiger partial charge in [-0.2, -0.15) is 0 Å². The Morgan fingerprint density at radius 2 is 1.88 bits per heavy atom. The maximum Gasteiger partial charge on any atom is 0.253 e. The Morgan fingerprint density at radius 3 is 2.50 bits per heavy atom. The molecule has 5 atom stereocenters. The van der Waals surface area contributed by atoms with Gasteiger partial charge in [0.2, 0.25) is 11.8 Å². The van der Waals surface area contributed by atoms with Crippen molar-refractivity contribution in [3.8, 4) is 0 Å². The van der Waals surface area contributed by atoms with E-state index in [1.54, 1.807) is 26.9 Å². The predicted octanol–water partition coefficient (Wildman–Crippen LogP) is 3.78. The van der Waals surface area contributed by atoms with E-state index in [0.29, 0.717) is 38.8 Å². The molecule has 40 heavy (non-hydrogen) atoms. The smallest absolute Gasteiger partial charge is 0.253 e. The Kier molecular flexibility index (Phi) is 8.90. The number of fused-ring (bicyclic) bond motifs is 1. The third-order valence-corrected chi connectivity index (χ3v) is 9.13. The number of aryl methyl sites for hydroxylation is 2. The molecular weight excluding hydrogens is 506 g/mol. The van der Waals surface area contributed by atoms with Crippen LogP contribution in [0, 0.1) is 25.7 Å². The lowest BCUT2D eigenvalue weighted by Gasteiger charge is -2.37. The third kappa shape index (κ3) is 4.69. The van der Waals surface area contributed by atoms with Gasteiger partial charge in [-0.1, -0.05) is 38.1 Å². The lowest BCUT2D eigenvalue weighted by Crippen LogP contribution is -2.57. The summed E-state index contributed by atoms with van der Waals surface area (Å²) in [5, 5.41) is 9.67. The van der Waals surface area contributed by atoms with Crippen LogP contribution in [0.2, 0.25) is 0 Å². The molecule has 0 saturated carbocycles. The molecule has 0 aromatic heterocycles. The van der Waals surface area contributed by atoms with Crippen molar-refractivity contribution in [2.45, 2.75) is 77.0 Å². The van der Waals surface area contributed by atoms with E-state index in [4.69, 9.17) is 4.74 Å². The maximum atomic E-state index is 14.7. The number of aliphatic hydroxyl groups is 1. The lowest BCUT2D eigenvalue weighted by atomic mass is 9.64. The van der Waals surface area contributed by atoms with Crippen LogP contribution in [0.3, 0.4) is 0 Å². The van der Waals surface area contributed by atoms with Crippen LogP contribution in [0.4, 0.5) is 5.69 Å². The van der Waals surface area contributed by atoms with E-state index in [9.17, 15) is 19.5 Å². The van der Waals surface area contributed by atoms with Crippen molar-refractivity contribution in [1.29, 1.82) is 0 Å². The number of ether oxygens (including phenoxy) is 1. The van der Waals surface area contributed by atoms with Gasteiger partial charge in [0.1, 0.15) is 11.6 Å². The zero-order valence-corrected chi connectivity index (χ0v) is 24.5. The molecule has 3 heterocycles. The van der Waals surface area contributed by atoms with Crippen LogP contribution >= 0.6 is 0 Å². The molecule has 3 fully saturated rings. The van der Waals surface area contributed by atoms with Crippen LogP contribution in [-0.2, 0) is 19.1 Å². The number of rotatable bonds is 13. The first-order valence-corrected chi connectivity index (χ1v) is 14.7. The normalized spacial score (nSPS) is 28.5. The molecule has 1 spiro atoms. The summed E-state index contributed by atoms with van der Waals surface area (Å²) < 4.78 is 6.92. The van der Waals surface area contributed by atoms with Crippen molar-refractivity contribution in [3.05, 3.63) is 54.6 Å². The summed E-state index contributed by atoms with van der Waals surface area (Å²) in [6, 6.07) is 5.07. The number of likely N-dealkylation sites (tertiary alicyclic amines) is 1. The molecule has 8 heteroatoms. The van der Waals surface area contributed by atoms with E-state index in [2.05, 4.69) is 13.2 Å². The van der Waals surface area contributed by atoms with Crippen LogP contribution in [-0.4, -0.2) is 82.7 Å². The van der Waals surface area contributed by atoms with Gasteiger partial charge in [0.15, 0.2) is 0 Å². The number of benzene rings is 1. The molecule has 3 aliphatic heterocycles. The minimum atomic E-state index is -1.11. The molecule has 1 aromatic rings. The monoisotopic (exact) mass is 551 g/mol. The Labute approximate surface area is 238 Å². The van der Waals surface area contributed by atoms with Gasteiger partial charge in [0.25, 0.3) is 5.91 Å². The molecule has 3 aliphatic rings. The molecule has 8 nitrogen and oxygen atoms in total. The number of hydrogen-bond donors (Lipinski definition) is 1. The summed E-state index contributed by atoms with van der Waals surface area (Å²) in [4.78, 5) is 48.2. The van der Waals surface area contributed by atoms with E-state index < -0.39 is 29.1 Å². The van der Waals surface area contributed by atoms with E-state index in [1.807, 2.05) is 45.9 Å². The molecule has 1 N–H and O–H groups in total. The van der Waals surface area contributed by atoms with Gasteiger partial charge >= 0.3 is 0 Å². The second-order valence-electron chi connectivity index (χ2n) is 11.5. The first-order chi connectivity index (χ1) is 19.2. The van der Waals surface area contributed by atoms with Gasteiger partial charge in [-0.15, -0.1) is 13.2 Å². The number of hydrogen-bond acceptors (Lipinski definition) is 5. The average Bonchev–Trinajstić information content (AvgIpc) is 3.54. The zero-order valence-electron chi connectivity index (χ0n) is 24.5. The molecular formula is C32H45N3O5. The van der Waals surface area contributed by atoms with E-state index in [-0.39, 0.29) is 37.4 Å². The Bertz CT molecular complexity index is 1170. The molecule has 0 aliphatic carbocycles. The van der Waals surface area contributed by atoms with Crippen LogP contribution < -0.4 is 4.90 Å². The van der Waals surface area contributed by atoms with Gasteiger partial charge in [-0.05, 0) is 63.1 Å². The van der Waals surface area contributed by atoms with Crippen LogP contribution in [0.5, 0.6) is 0 Å². The highest BCUT2D eigenvalue weighted by Gasteiger charge is 2.79. The van der Waals surface area contributed by atoms with Gasteiger partial charge in [0.05, 0.1) is 17.4 Å². The first kappa shape index (κ1) is 30.0. The molecule has 2 unspecified atom stereocenters. The number of amides is 3. The highest BCUT2D eigenvalue weighted by atomic mass is 16.5. The fourth-order valence-corrected chi connectivity index (χ4v) is 7.36. The second-order valence-corrected chi connectivity index (χ2v) is 11.5. The lowest BCUT2D eigenvalue weighted by molar-refractivity contribution is -0.151. The number of carbonyl (C=O) groups is 3. The van der Waals surface area contributed by atoms with Crippen molar-refractivity contribution in [3.63, 3.8) is 0 Å². The highest BCUT2D eigenvalue weighted by molar-refractivity contribution is 6.05. The van der Waals surface area contributed by atoms with Crippen LogP contribution in [0.15, 0.2) is 43.5 Å². The quantitative estimate of drug-likeness (QED) is 0.377. The SMILES string of the molecule is C=CCN(CCC)C(=O)[C@H]1[C@H]2C(=O)N(CCCO)C(C(=O)N(CC=C)c3cc(C)ccc3C)C23CC[C@]1(CC)O3. The first-order valence-electron chi connectivity index (χ1n) is 14.7. The minimum Gasteiger partial charge on any atom is -0.396 e. The molecule has 3 saturated heterocycles. The summed E-state index contributed by atoms with van der Waals surface area (Å²) in [5.41, 5.74) is 0.822. The van der Waals surface area contributed by atoms with Crippen molar-refractivity contribution in [2.75, 3.05) is 37.7 Å². The number of nitrogens with zero attached hydrogens (tertiary/aromatic N) is 3. The Hall–Kier alpha value is -2.97. The molecule has 3 amide bonds. The molecule has 1 aromatic carbocycles. The number of anilines is 1. The molecule has 4 rings (SSSR count). The third-order valence-electron chi connectivity index (χ3n) is 9.13. The fraction of sp³-hybridized carbons (Fsp3) is 0.594. The van der Waals surface area contributed by atoms with Gasteiger partial charge in [-0.3, -0.25) is 14.4 Å². The maximum absolute atomic E-state index is 14.7. The topological polar surface area (TPSA) is 90.4 Å². The summed E-state index contributed by atoms with van der Waals surface area (Å²) in [6.45, 7) is 17.0. The molecule has 0 radical (unpaired) electrons. The van der Waals surface area contributed by atoms with E-state index in [1.165, 1.54) is 0 Å². The Morgan fingerprint density at radius 1 is 1.15 bits per heavy atom. The summed E-state index contributed by atoms with van der Waals surface area (Å²) in [7, 11) is 0. The van der Waals surface area contributed by atoms with Crippen molar-refractivity contribution >= 4 is 23.4 Å². The Balaban J connectivity index is 1.84. The average molecular weight is 552 g/mol. The summed E-state index contributed by atoms with van der Waals surface area (Å²) >= 11 is 0. The van der Waals surface area contributed by atoms with Crippen molar-refractivity contribution in [2.24, 2.45) is 11.8 Å². The van der Waals surface area contributed by atoms with E-state index in [0.717, 1.165) is 23.2 Å². The van der Waals surface area contributed by atoms with Gasteiger partial charge < -0.3 is 24.5 Å². The second kappa shape index (κ2) is 11.9. The van der Waals surface area contributed by atoms with Crippen molar-refractivity contribution in [1.82, 2.24) is 9.80 Å². The largest absolute Gasteiger partial charge is 0.396 e. The number of aliphatic hydroxyl groups excluding tert-OH is 1. The number of carbonyl (C=O) groups excluding carboxylic acids is 3. The van der Waals surface area contributed by atoms with Crippen molar-refractivity contribution < 1.29 is 24.2 Å². The van der Waals surface area contributed by atoms with E-state index >= 15 is 0 Å². The zero-order chi connectivity index (χ0) is 29.2. The van der Waals surface area contributed by atoms with Crippen LogP contribution in [0.25, 0.3) is 0 Å². The minimum absolute atomic E-state index is 0.101. The molecule has 218 valence electrons. The van der Waals surface area contributed by atoms with Crippen LogP contribution in [0.1, 0.15) is 57.1 Å². The van der Waals surface area contributed by atoms with Gasteiger partial charge in [0, 0.05) is 38.5 Å². The standard InChI is InChI=1S/C32H45N3O5/c1-7-16-33(17-8-2)28(37)25-26-29(38)35(19-11-20-36)27(32(26)15-14-31(25,10-4)40-32)30(39)34(18-9-3)24-21-22(5)12-13-23(24)6/h7,9,12-13,21,25-27,36H,1,3,8,10-11,14-20H2,2,4-6H3/t25-,26+,27?,31+,32?/m1/s1.